The molecular weight excluding hydrogens is 278 g/mol. The van der Waals surface area contributed by atoms with Gasteiger partial charge in [0.15, 0.2) is 0 Å². The maximum atomic E-state index is 12.6. The van der Waals surface area contributed by atoms with Crippen LogP contribution in [0.15, 0.2) is 18.2 Å². The predicted molar refractivity (Wildman–Crippen MR) is 90.5 cm³/mol. The van der Waals surface area contributed by atoms with E-state index in [9.17, 15) is 4.79 Å². The van der Waals surface area contributed by atoms with E-state index in [1.165, 1.54) is 0 Å². The largest absolute Gasteiger partial charge is 0.494 e. The van der Waals surface area contributed by atoms with Crippen molar-refractivity contribution in [2.24, 2.45) is 0 Å². The van der Waals surface area contributed by atoms with Crippen molar-refractivity contribution in [1.29, 1.82) is 0 Å². The van der Waals surface area contributed by atoms with Gasteiger partial charge in [0.05, 0.1) is 6.61 Å². The maximum absolute atomic E-state index is 12.6. The summed E-state index contributed by atoms with van der Waals surface area (Å²) in [6.45, 7) is 11.1. The molecule has 1 N–H and O–H groups in total. The number of anilines is 1. The zero-order valence-electron chi connectivity index (χ0n) is 14.5. The van der Waals surface area contributed by atoms with Crippen LogP contribution in [0.1, 0.15) is 52.5 Å². The molecule has 1 atom stereocenters. The van der Waals surface area contributed by atoms with E-state index in [0.717, 1.165) is 29.8 Å². The highest BCUT2D eigenvalue weighted by molar-refractivity contribution is 5.97. The average Bonchev–Trinajstić information content (AvgIpc) is 2.48. The maximum Gasteiger partial charge on any atom is 0.256 e. The number of carbonyl (C=O) groups is 1. The third-order valence-electron chi connectivity index (χ3n) is 3.56. The zero-order chi connectivity index (χ0) is 16.6. The molecule has 0 fully saturated rings. The van der Waals surface area contributed by atoms with Gasteiger partial charge in [0.25, 0.3) is 5.91 Å². The van der Waals surface area contributed by atoms with Crippen LogP contribution in [0.25, 0.3) is 0 Å². The molecule has 0 spiro atoms. The number of rotatable bonds is 9. The van der Waals surface area contributed by atoms with Crippen LogP contribution in [0.4, 0.5) is 5.69 Å². The van der Waals surface area contributed by atoms with Crippen LogP contribution < -0.4 is 10.1 Å². The summed E-state index contributed by atoms with van der Waals surface area (Å²) < 4.78 is 11.3. The molecule has 0 saturated heterocycles. The first-order valence-corrected chi connectivity index (χ1v) is 8.15. The Hall–Kier alpha value is -1.55. The highest BCUT2D eigenvalue weighted by Gasteiger charge is 2.33. The molecule has 0 aromatic heterocycles. The Morgan fingerprint density at radius 2 is 1.95 bits per heavy atom. The van der Waals surface area contributed by atoms with Crippen LogP contribution in [0.3, 0.4) is 0 Å². The molecule has 0 unspecified atom stereocenters. The van der Waals surface area contributed by atoms with Crippen molar-refractivity contribution >= 4 is 11.6 Å². The van der Waals surface area contributed by atoms with E-state index in [1.54, 1.807) is 0 Å². The molecule has 4 nitrogen and oxygen atoms in total. The molecule has 1 amide bonds. The van der Waals surface area contributed by atoms with Crippen molar-refractivity contribution in [3.05, 3.63) is 23.8 Å². The number of benzene rings is 1. The molecular formula is C18H29NO3. The Balaban J connectivity index is 2.82. The normalized spacial score (nSPS) is 13.5. The first kappa shape index (κ1) is 18.5. The Kier molecular flexibility index (Phi) is 7.39. The van der Waals surface area contributed by atoms with Gasteiger partial charge in [0.1, 0.15) is 11.4 Å². The summed E-state index contributed by atoms with van der Waals surface area (Å²) in [7, 11) is 0. The van der Waals surface area contributed by atoms with Crippen molar-refractivity contribution in [2.75, 3.05) is 18.5 Å². The summed E-state index contributed by atoms with van der Waals surface area (Å²) in [6, 6.07) is 5.68. The zero-order valence-corrected chi connectivity index (χ0v) is 14.5. The summed E-state index contributed by atoms with van der Waals surface area (Å²) in [5, 5.41) is 2.97. The third-order valence-corrected chi connectivity index (χ3v) is 3.56. The lowest BCUT2D eigenvalue weighted by molar-refractivity contribution is -0.140. The average molecular weight is 307 g/mol. The smallest absolute Gasteiger partial charge is 0.256 e. The quantitative estimate of drug-likeness (QED) is 0.739. The Morgan fingerprint density at radius 1 is 1.23 bits per heavy atom. The standard InChI is InChI=1S/C18H29NO3/c1-6-11-18(5,22-12-7-2)17(20)19-15-9-10-16(21-8-3)14(4)13-15/h9-10,13H,6-8,11-12H2,1-5H3,(H,19,20)/t18-/m0/s1. The Labute approximate surface area is 134 Å². The van der Waals surface area contributed by atoms with Gasteiger partial charge in [0, 0.05) is 12.3 Å². The second kappa shape index (κ2) is 8.79. The first-order chi connectivity index (χ1) is 10.5. The second-order valence-electron chi connectivity index (χ2n) is 5.70. The van der Waals surface area contributed by atoms with Gasteiger partial charge in [-0.1, -0.05) is 20.3 Å². The topological polar surface area (TPSA) is 47.6 Å². The van der Waals surface area contributed by atoms with Gasteiger partial charge in [-0.15, -0.1) is 0 Å². The fraction of sp³-hybridized carbons (Fsp3) is 0.611. The monoisotopic (exact) mass is 307 g/mol. The van der Waals surface area contributed by atoms with Gasteiger partial charge < -0.3 is 14.8 Å². The second-order valence-corrected chi connectivity index (χ2v) is 5.70. The minimum atomic E-state index is -0.781. The Bertz CT molecular complexity index is 487. The molecule has 0 saturated carbocycles. The first-order valence-electron chi connectivity index (χ1n) is 8.15. The number of aryl methyl sites for hydroxylation is 1. The molecule has 22 heavy (non-hydrogen) atoms. The van der Waals surface area contributed by atoms with E-state index in [-0.39, 0.29) is 5.91 Å². The van der Waals surface area contributed by atoms with Crippen LogP contribution >= 0.6 is 0 Å². The van der Waals surface area contributed by atoms with Crippen LogP contribution in [0.2, 0.25) is 0 Å². The van der Waals surface area contributed by atoms with Gasteiger partial charge in [-0.25, -0.2) is 0 Å². The Morgan fingerprint density at radius 3 is 2.50 bits per heavy atom. The molecule has 4 heteroatoms. The number of amides is 1. The summed E-state index contributed by atoms with van der Waals surface area (Å²) in [4.78, 5) is 12.6. The molecule has 0 radical (unpaired) electrons. The van der Waals surface area contributed by atoms with Gasteiger partial charge in [-0.3, -0.25) is 4.79 Å². The van der Waals surface area contributed by atoms with E-state index >= 15 is 0 Å². The highest BCUT2D eigenvalue weighted by atomic mass is 16.5. The summed E-state index contributed by atoms with van der Waals surface area (Å²) in [5.74, 6) is 0.755. The van der Waals surface area contributed by atoms with Gasteiger partial charge in [-0.2, -0.15) is 0 Å². The lowest BCUT2D eigenvalue weighted by Gasteiger charge is -2.28. The number of ether oxygens (including phenoxy) is 2. The van der Waals surface area contributed by atoms with Gasteiger partial charge >= 0.3 is 0 Å². The SMILES string of the molecule is CCCO[C@@](C)(CCC)C(=O)Nc1ccc(OCC)c(C)c1. The fourth-order valence-electron chi connectivity index (χ4n) is 2.36. The van der Waals surface area contributed by atoms with Crippen molar-refractivity contribution in [2.45, 2.75) is 59.5 Å². The van der Waals surface area contributed by atoms with Crippen LogP contribution in [0.5, 0.6) is 5.75 Å². The molecule has 0 aliphatic rings. The van der Waals surface area contributed by atoms with Crippen molar-refractivity contribution in [3.63, 3.8) is 0 Å². The van der Waals surface area contributed by atoms with Gasteiger partial charge in [-0.05, 0) is 57.4 Å². The molecule has 1 aromatic carbocycles. The van der Waals surface area contributed by atoms with Gasteiger partial charge in [0.2, 0.25) is 0 Å². The number of hydrogen-bond acceptors (Lipinski definition) is 3. The van der Waals surface area contributed by atoms with Crippen molar-refractivity contribution in [3.8, 4) is 5.75 Å². The molecule has 1 rings (SSSR count). The van der Waals surface area contributed by atoms with Crippen LogP contribution in [0, 0.1) is 6.92 Å². The summed E-state index contributed by atoms with van der Waals surface area (Å²) in [6.07, 6.45) is 2.50. The minimum Gasteiger partial charge on any atom is -0.494 e. The lowest BCUT2D eigenvalue weighted by atomic mass is 9.98. The van der Waals surface area contributed by atoms with Crippen LogP contribution in [-0.2, 0) is 9.53 Å². The van der Waals surface area contributed by atoms with Crippen molar-refractivity contribution in [1.82, 2.24) is 0 Å². The third kappa shape index (κ3) is 5.02. The molecule has 124 valence electrons. The number of carbonyl (C=O) groups excluding carboxylic acids is 1. The lowest BCUT2D eigenvalue weighted by Crippen LogP contribution is -2.43. The summed E-state index contributed by atoms with van der Waals surface area (Å²) in [5.41, 5.74) is 0.997. The van der Waals surface area contributed by atoms with Crippen molar-refractivity contribution < 1.29 is 14.3 Å². The van der Waals surface area contributed by atoms with E-state index in [2.05, 4.69) is 12.2 Å². The van der Waals surface area contributed by atoms with E-state index in [4.69, 9.17) is 9.47 Å². The molecule has 0 bridgehead atoms. The number of nitrogens with one attached hydrogen (secondary N) is 1. The molecule has 0 aliphatic heterocycles. The van der Waals surface area contributed by atoms with E-state index in [0.29, 0.717) is 19.6 Å². The highest BCUT2D eigenvalue weighted by Crippen LogP contribution is 2.25. The predicted octanol–water partition coefficient (Wildman–Crippen LogP) is 4.32. The summed E-state index contributed by atoms with van der Waals surface area (Å²) >= 11 is 0. The minimum absolute atomic E-state index is 0.0913. The molecule has 0 aliphatic carbocycles. The fourth-order valence-corrected chi connectivity index (χ4v) is 2.36. The van der Waals surface area contributed by atoms with E-state index in [1.807, 2.05) is 45.9 Å². The molecule has 1 aromatic rings. The molecule has 0 heterocycles. The van der Waals surface area contributed by atoms with E-state index < -0.39 is 5.60 Å². The number of hydrogen-bond donors (Lipinski definition) is 1. The van der Waals surface area contributed by atoms with Crippen LogP contribution in [-0.4, -0.2) is 24.7 Å².